The van der Waals surface area contributed by atoms with E-state index in [1.165, 1.54) is 49.6 Å². The Bertz CT molecular complexity index is 1140. The molecule has 1 aliphatic rings. The highest BCUT2D eigenvalue weighted by atomic mass is 16.7. The van der Waals surface area contributed by atoms with Gasteiger partial charge in [-0.3, -0.25) is 4.79 Å². The van der Waals surface area contributed by atoms with Crippen molar-refractivity contribution in [3.8, 4) is 28.4 Å². The molecule has 2 aromatic carbocycles. The van der Waals surface area contributed by atoms with Gasteiger partial charge in [-0.15, -0.1) is 0 Å². The predicted octanol–water partition coefficient (Wildman–Crippen LogP) is 1.08. The summed E-state index contributed by atoms with van der Waals surface area (Å²) < 4.78 is 16.4. The summed E-state index contributed by atoms with van der Waals surface area (Å²) in [5.74, 6) is -0.415. The second-order valence-corrected chi connectivity index (χ2v) is 7.14. The van der Waals surface area contributed by atoms with Gasteiger partial charge in [-0.2, -0.15) is 0 Å². The molecule has 1 saturated heterocycles. The van der Waals surface area contributed by atoms with E-state index in [0.29, 0.717) is 5.56 Å². The maximum atomic E-state index is 12.8. The molecular weight excluding hydrogens is 396 g/mol. The number of rotatable bonds is 3. The third-order valence-corrected chi connectivity index (χ3v) is 5.08. The molecule has 5 N–H and O–H groups in total. The van der Waals surface area contributed by atoms with Crippen LogP contribution in [-0.2, 0) is 4.74 Å². The molecule has 3 aromatic rings. The largest absolute Gasteiger partial charge is 0.508 e. The number of phenols is 2. The van der Waals surface area contributed by atoms with Crippen LogP contribution >= 0.6 is 0 Å². The van der Waals surface area contributed by atoms with Crippen LogP contribution in [0.3, 0.4) is 0 Å². The second-order valence-electron chi connectivity index (χ2n) is 7.14. The number of benzene rings is 2. The molecule has 1 aromatic heterocycles. The Kier molecular flexibility index (Phi) is 5.12. The minimum absolute atomic E-state index is 0.0358. The van der Waals surface area contributed by atoms with Gasteiger partial charge in [0.15, 0.2) is 16.9 Å². The number of aliphatic hydroxyl groups is 3. The maximum Gasteiger partial charge on any atom is 0.229 e. The second kappa shape index (κ2) is 7.62. The number of hydrogen-bond acceptors (Lipinski definition) is 9. The minimum atomic E-state index is -1.56. The molecule has 1 aliphatic heterocycles. The monoisotopic (exact) mass is 416 g/mol. The van der Waals surface area contributed by atoms with Gasteiger partial charge >= 0.3 is 0 Å². The Hall–Kier alpha value is -3.11. The molecule has 9 nitrogen and oxygen atoms in total. The van der Waals surface area contributed by atoms with Crippen LogP contribution in [0.2, 0.25) is 0 Å². The van der Waals surface area contributed by atoms with E-state index in [2.05, 4.69) is 0 Å². The van der Waals surface area contributed by atoms with E-state index in [9.17, 15) is 30.3 Å². The van der Waals surface area contributed by atoms with Crippen molar-refractivity contribution < 1.29 is 39.4 Å². The summed E-state index contributed by atoms with van der Waals surface area (Å²) in [6.07, 6.45) is -5.28. The Balaban J connectivity index is 1.69. The number of ether oxygens (including phenoxy) is 2. The van der Waals surface area contributed by atoms with Crippen molar-refractivity contribution in [2.75, 3.05) is 0 Å². The van der Waals surface area contributed by atoms with Gasteiger partial charge in [-0.25, -0.2) is 0 Å². The first-order valence-electron chi connectivity index (χ1n) is 9.20. The van der Waals surface area contributed by atoms with Gasteiger partial charge in [0, 0.05) is 6.07 Å². The molecule has 2 heterocycles. The molecule has 5 unspecified atom stereocenters. The lowest BCUT2D eigenvalue weighted by molar-refractivity contribution is -0.268. The summed E-state index contributed by atoms with van der Waals surface area (Å²) >= 11 is 0. The average Bonchev–Trinajstić information content (AvgIpc) is 2.72. The molecular formula is C21H20O9. The van der Waals surface area contributed by atoms with E-state index in [0.717, 1.165) is 0 Å². The number of fused-ring (bicyclic) bond motifs is 1. The van der Waals surface area contributed by atoms with Gasteiger partial charge in [-0.1, -0.05) is 6.07 Å². The van der Waals surface area contributed by atoms with Crippen LogP contribution in [0.25, 0.3) is 22.1 Å². The molecule has 0 bridgehead atoms. The van der Waals surface area contributed by atoms with Crippen LogP contribution in [0.5, 0.6) is 17.2 Å². The van der Waals surface area contributed by atoms with Gasteiger partial charge in [-0.05, 0) is 36.8 Å². The highest BCUT2D eigenvalue weighted by molar-refractivity contribution is 5.82. The van der Waals surface area contributed by atoms with E-state index >= 15 is 0 Å². The summed E-state index contributed by atoms with van der Waals surface area (Å²) in [6, 6.07) is 8.30. The molecule has 4 rings (SSSR count). The summed E-state index contributed by atoms with van der Waals surface area (Å²) in [4.78, 5) is 12.8. The molecule has 158 valence electrons. The fourth-order valence-corrected chi connectivity index (χ4v) is 3.33. The summed E-state index contributed by atoms with van der Waals surface area (Å²) in [5, 5.41) is 49.8. The molecule has 0 saturated carbocycles. The molecule has 0 amide bonds. The third kappa shape index (κ3) is 3.48. The van der Waals surface area contributed by atoms with Crippen LogP contribution in [0.4, 0.5) is 0 Å². The van der Waals surface area contributed by atoms with Gasteiger partial charge in [0.1, 0.15) is 35.9 Å². The fourth-order valence-electron chi connectivity index (χ4n) is 3.33. The minimum Gasteiger partial charge on any atom is -0.508 e. The summed E-state index contributed by atoms with van der Waals surface area (Å²) in [7, 11) is 0. The Labute approximate surface area is 170 Å². The molecule has 0 spiro atoms. The van der Waals surface area contributed by atoms with E-state index in [-0.39, 0.29) is 39.2 Å². The van der Waals surface area contributed by atoms with Crippen molar-refractivity contribution in [2.24, 2.45) is 0 Å². The van der Waals surface area contributed by atoms with Crippen LogP contribution in [0.15, 0.2) is 51.9 Å². The van der Waals surface area contributed by atoms with Crippen molar-refractivity contribution in [1.82, 2.24) is 0 Å². The summed E-state index contributed by atoms with van der Waals surface area (Å²) in [6.45, 7) is 1.50. The van der Waals surface area contributed by atoms with Crippen molar-refractivity contribution in [3.05, 3.63) is 52.9 Å². The van der Waals surface area contributed by atoms with Crippen LogP contribution in [0, 0.1) is 0 Å². The average molecular weight is 416 g/mol. The smallest absolute Gasteiger partial charge is 0.229 e. The topological polar surface area (TPSA) is 150 Å². The zero-order valence-corrected chi connectivity index (χ0v) is 15.8. The SMILES string of the molecule is CC1OC(Oc2cc(-c3coc4cc(O)ccc4c3=O)ccc2O)C(O)C(O)C1O. The molecule has 0 aliphatic carbocycles. The molecule has 5 atom stereocenters. The lowest BCUT2D eigenvalue weighted by atomic mass is 10.00. The zero-order chi connectivity index (χ0) is 21.6. The van der Waals surface area contributed by atoms with Crippen molar-refractivity contribution in [2.45, 2.75) is 37.6 Å². The number of aromatic hydroxyl groups is 2. The standard InChI is InChI=1S/C21H20O9/c1-9-17(24)19(26)20(27)21(29-9)30-16-6-10(2-5-14(16)23)13-8-28-15-7-11(22)3-4-12(15)18(13)25/h2-9,17,19-24,26-27H,1H3. The normalized spacial score (nSPS) is 26.6. The first kappa shape index (κ1) is 20.2. The van der Waals surface area contributed by atoms with Crippen LogP contribution in [0.1, 0.15) is 6.92 Å². The number of aliphatic hydroxyl groups excluding tert-OH is 3. The van der Waals surface area contributed by atoms with E-state index < -0.39 is 30.7 Å². The zero-order valence-electron chi connectivity index (χ0n) is 15.8. The maximum absolute atomic E-state index is 12.8. The Morgan fingerprint density at radius 2 is 1.73 bits per heavy atom. The van der Waals surface area contributed by atoms with Gasteiger partial charge < -0.3 is 39.4 Å². The van der Waals surface area contributed by atoms with E-state index in [4.69, 9.17) is 13.9 Å². The first-order valence-corrected chi connectivity index (χ1v) is 9.20. The van der Waals surface area contributed by atoms with Crippen molar-refractivity contribution in [1.29, 1.82) is 0 Å². The van der Waals surface area contributed by atoms with Crippen molar-refractivity contribution >= 4 is 11.0 Å². The quantitative estimate of drug-likeness (QED) is 0.423. The fraction of sp³-hybridized carbons (Fsp3) is 0.286. The first-order chi connectivity index (χ1) is 14.3. The Morgan fingerprint density at radius 3 is 2.50 bits per heavy atom. The molecule has 30 heavy (non-hydrogen) atoms. The van der Waals surface area contributed by atoms with E-state index in [1.807, 2.05) is 0 Å². The molecule has 9 heteroatoms. The van der Waals surface area contributed by atoms with Gasteiger partial charge in [0.2, 0.25) is 6.29 Å². The third-order valence-electron chi connectivity index (χ3n) is 5.08. The lowest BCUT2D eigenvalue weighted by Gasteiger charge is -2.38. The predicted molar refractivity (Wildman–Crippen MR) is 104 cm³/mol. The van der Waals surface area contributed by atoms with E-state index in [1.54, 1.807) is 0 Å². The Morgan fingerprint density at radius 1 is 0.967 bits per heavy atom. The number of hydrogen-bond donors (Lipinski definition) is 5. The van der Waals surface area contributed by atoms with Crippen LogP contribution in [-0.4, -0.2) is 56.2 Å². The molecule has 1 fully saturated rings. The van der Waals surface area contributed by atoms with Gasteiger partial charge in [0.05, 0.1) is 17.1 Å². The van der Waals surface area contributed by atoms with Gasteiger partial charge in [0.25, 0.3) is 0 Å². The van der Waals surface area contributed by atoms with Crippen molar-refractivity contribution in [3.63, 3.8) is 0 Å². The molecule has 0 radical (unpaired) electrons. The lowest BCUT2D eigenvalue weighted by Crippen LogP contribution is -2.58. The van der Waals surface area contributed by atoms with Crippen LogP contribution < -0.4 is 10.2 Å². The highest BCUT2D eigenvalue weighted by Crippen LogP contribution is 2.34. The summed E-state index contributed by atoms with van der Waals surface area (Å²) in [5.41, 5.74) is 0.422. The number of phenolic OH excluding ortho intramolecular Hbond substituents is 2. The highest BCUT2D eigenvalue weighted by Gasteiger charge is 2.43.